The molecule has 0 fully saturated rings. The molecule has 7 heteroatoms. The minimum Gasteiger partial charge on any atom is -0.497 e. The van der Waals surface area contributed by atoms with Crippen LogP contribution in [0, 0.1) is 0 Å². The Balaban J connectivity index is 2.21. The first-order chi connectivity index (χ1) is 11.6. The van der Waals surface area contributed by atoms with Crippen LogP contribution in [-0.4, -0.2) is 31.9 Å². The average Bonchev–Trinajstić information content (AvgIpc) is 2.62. The zero-order valence-electron chi connectivity index (χ0n) is 13.2. The maximum atomic E-state index is 12.5. The van der Waals surface area contributed by atoms with E-state index in [4.69, 9.17) is 16.3 Å². The molecule has 1 N–H and O–H groups in total. The van der Waals surface area contributed by atoms with Crippen molar-refractivity contribution in [1.82, 2.24) is 0 Å². The quantitative estimate of drug-likeness (QED) is 0.472. The Labute approximate surface area is 144 Å². The Morgan fingerprint density at radius 2 is 1.75 bits per heavy atom. The molecular weight excluding hydrogens is 330 g/mol. The van der Waals surface area contributed by atoms with Gasteiger partial charge in [-0.3, -0.25) is 10.2 Å². The van der Waals surface area contributed by atoms with Crippen molar-refractivity contribution < 1.29 is 14.4 Å². The van der Waals surface area contributed by atoms with Gasteiger partial charge in [0.05, 0.1) is 19.0 Å². The molecule has 0 unspecified atom stereocenters. The number of halogens is 1. The van der Waals surface area contributed by atoms with Crippen molar-refractivity contribution in [2.75, 3.05) is 19.6 Å². The Bertz CT molecular complexity index is 741. The molecule has 0 radical (unpaired) electrons. The number of benzene rings is 2. The van der Waals surface area contributed by atoms with E-state index in [0.717, 1.165) is 5.75 Å². The number of hydrazone groups is 1. The highest BCUT2D eigenvalue weighted by Gasteiger charge is 2.13. The van der Waals surface area contributed by atoms with Crippen molar-refractivity contribution in [3.8, 4) is 5.75 Å². The van der Waals surface area contributed by atoms with Gasteiger partial charge in [0.1, 0.15) is 12.9 Å². The van der Waals surface area contributed by atoms with Crippen LogP contribution in [-0.2, 0) is 4.84 Å². The molecule has 0 aliphatic rings. The first-order valence-electron chi connectivity index (χ1n) is 6.98. The molecule has 0 saturated heterocycles. The molecule has 0 bridgehead atoms. The third-order valence-electron chi connectivity index (χ3n) is 3.01. The number of carbonyl (C=O) groups is 1. The molecule has 2 aromatic carbocycles. The van der Waals surface area contributed by atoms with Crippen LogP contribution in [0.25, 0.3) is 0 Å². The molecule has 0 aliphatic carbocycles. The fraction of sp³-hybridized carbons (Fsp3) is 0.118. The second-order valence-electron chi connectivity index (χ2n) is 4.59. The predicted octanol–water partition coefficient (Wildman–Crippen LogP) is 3.63. The number of anilines is 1. The standard InChI is InChI=1S/C17H16ClN3O3/c1-23-15-9-7-14(8-10-15)20-21-16(11-19-24-2)17(22)12-3-5-13(18)6-4-12/h3-11,20H,1-2H3/b19-11+,21-16-. The third kappa shape index (κ3) is 4.82. The number of carbonyl (C=O) groups excluding carboxylic acids is 1. The van der Waals surface area contributed by atoms with Crippen molar-refractivity contribution in [3.63, 3.8) is 0 Å². The van der Waals surface area contributed by atoms with Gasteiger partial charge in [0, 0.05) is 10.6 Å². The summed E-state index contributed by atoms with van der Waals surface area (Å²) in [5.74, 6) is 0.413. The van der Waals surface area contributed by atoms with E-state index < -0.39 is 0 Å². The fourth-order valence-electron chi connectivity index (χ4n) is 1.78. The van der Waals surface area contributed by atoms with Crippen LogP contribution in [0.3, 0.4) is 0 Å². The van der Waals surface area contributed by atoms with Crippen molar-refractivity contribution in [2.24, 2.45) is 10.3 Å². The molecule has 24 heavy (non-hydrogen) atoms. The van der Waals surface area contributed by atoms with Gasteiger partial charge in [-0.1, -0.05) is 16.8 Å². The number of Topliss-reactive ketones (excluding diaryl/α,β-unsaturated/α-hetero) is 1. The summed E-state index contributed by atoms with van der Waals surface area (Å²) in [6.45, 7) is 0. The lowest BCUT2D eigenvalue weighted by molar-refractivity contribution is 0.106. The van der Waals surface area contributed by atoms with Gasteiger partial charge in [-0.25, -0.2) is 0 Å². The number of ketones is 1. The number of hydrogen-bond donors (Lipinski definition) is 1. The topological polar surface area (TPSA) is 72.3 Å². The number of oxime groups is 1. The Morgan fingerprint density at radius 3 is 2.33 bits per heavy atom. The van der Waals surface area contributed by atoms with Crippen LogP contribution in [0.4, 0.5) is 5.69 Å². The van der Waals surface area contributed by atoms with Gasteiger partial charge < -0.3 is 9.57 Å². The highest BCUT2D eigenvalue weighted by atomic mass is 35.5. The van der Waals surface area contributed by atoms with E-state index in [0.29, 0.717) is 16.3 Å². The van der Waals surface area contributed by atoms with E-state index in [1.807, 2.05) is 0 Å². The molecule has 0 atom stereocenters. The summed E-state index contributed by atoms with van der Waals surface area (Å²) in [6.07, 6.45) is 1.24. The lowest BCUT2D eigenvalue weighted by Crippen LogP contribution is -2.17. The van der Waals surface area contributed by atoms with Crippen LogP contribution in [0.5, 0.6) is 5.75 Å². The van der Waals surface area contributed by atoms with Gasteiger partial charge in [-0.15, -0.1) is 0 Å². The molecule has 0 spiro atoms. The summed E-state index contributed by atoms with van der Waals surface area (Å²) >= 11 is 5.83. The predicted molar refractivity (Wildman–Crippen MR) is 95.3 cm³/mol. The van der Waals surface area contributed by atoms with Crippen molar-refractivity contribution in [1.29, 1.82) is 0 Å². The molecular formula is C17H16ClN3O3. The minimum atomic E-state index is -0.312. The third-order valence-corrected chi connectivity index (χ3v) is 3.27. The minimum absolute atomic E-state index is 0.0926. The average molecular weight is 346 g/mol. The SMILES string of the molecule is CO/N=C/C(=N/Nc1ccc(OC)cc1)C(=O)c1ccc(Cl)cc1. The van der Waals surface area contributed by atoms with Crippen molar-refractivity contribution in [3.05, 3.63) is 59.1 Å². The maximum Gasteiger partial charge on any atom is 0.214 e. The highest BCUT2D eigenvalue weighted by Crippen LogP contribution is 2.15. The molecule has 6 nitrogen and oxygen atoms in total. The monoisotopic (exact) mass is 345 g/mol. The number of hydrogen-bond acceptors (Lipinski definition) is 6. The fourth-order valence-corrected chi connectivity index (χ4v) is 1.91. The van der Waals surface area contributed by atoms with E-state index in [1.165, 1.54) is 13.3 Å². The maximum absolute atomic E-state index is 12.5. The number of nitrogens with one attached hydrogen (secondary N) is 1. The van der Waals surface area contributed by atoms with E-state index in [-0.39, 0.29) is 11.5 Å². The van der Waals surface area contributed by atoms with Crippen molar-refractivity contribution in [2.45, 2.75) is 0 Å². The van der Waals surface area contributed by atoms with E-state index in [9.17, 15) is 4.79 Å². The summed E-state index contributed by atoms with van der Waals surface area (Å²) in [5, 5.41) is 8.26. The Morgan fingerprint density at radius 1 is 1.08 bits per heavy atom. The summed E-state index contributed by atoms with van der Waals surface area (Å²) in [5.41, 5.74) is 4.04. The van der Waals surface area contributed by atoms with Crippen molar-refractivity contribution >= 4 is 35.0 Å². The largest absolute Gasteiger partial charge is 0.497 e. The molecule has 0 aromatic heterocycles. The first kappa shape index (κ1) is 17.5. The van der Waals surface area contributed by atoms with Gasteiger partial charge in [-0.2, -0.15) is 5.10 Å². The second-order valence-corrected chi connectivity index (χ2v) is 5.03. The van der Waals surface area contributed by atoms with Crippen LogP contribution >= 0.6 is 11.6 Å². The normalized spacial score (nSPS) is 11.4. The lowest BCUT2D eigenvalue weighted by atomic mass is 10.1. The molecule has 2 rings (SSSR count). The zero-order valence-corrected chi connectivity index (χ0v) is 13.9. The number of ether oxygens (including phenoxy) is 1. The Hall–Kier alpha value is -2.86. The summed E-state index contributed by atoms with van der Waals surface area (Å²) in [6, 6.07) is 13.6. The van der Waals surface area contributed by atoms with Gasteiger partial charge in [-0.05, 0) is 48.5 Å². The first-order valence-corrected chi connectivity index (χ1v) is 7.36. The summed E-state index contributed by atoms with van der Waals surface area (Å²) in [4.78, 5) is 17.1. The second kappa shape index (κ2) is 8.69. The highest BCUT2D eigenvalue weighted by molar-refractivity contribution is 6.64. The number of nitrogens with zero attached hydrogens (tertiary/aromatic N) is 2. The molecule has 2 aromatic rings. The van der Waals surface area contributed by atoms with Crippen LogP contribution in [0.15, 0.2) is 58.8 Å². The molecule has 0 aliphatic heterocycles. The number of methoxy groups -OCH3 is 1. The summed E-state index contributed by atoms with van der Waals surface area (Å²) < 4.78 is 5.09. The van der Waals surface area contributed by atoms with E-state index >= 15 is 0 Å². The Kier molecular flexibility index (Phi) is 6.33. The lowest BCUT2D eigenvalue weighted by Gasteiger charge is -2.05. The van der Waals surface area contributed by atoms with Gasteiger partial charge in [0.2, 0.25) is 5.78 Å². The molecule has 0 saturated carbocycles. The van der Waals surface area contributed by atoms with Crippen LogP contribution in [0.1, 0.15) is 10.4 Å². The molecule has 0 heterocycles. The van der Waals surface area contributed by atoms with Gasteiger partial charge >= 0.3 is 0 Å². The molecule has 0 amide bonds. The van der Waals surface area contributed by atoms with Gasteiger partial charge in [0.15, 0.2) is 5.71 Å². The molecule has 124 valence electrons. The van der Waals surface area contributed by atoms with E-state index in [1.54, 1.807) is 55.6 Å². The summed E-state index contributed by atoms with van der Waals surface area (Å²) in [7, 11) is 2.97. The van der Waals surface area contributed by atoms with E-state index in [2.05, 4.69) is 20.5 Å². The number of rotatable bonds is 7. The smallest absolute Gasteiger partial charge is 0.214 e. The van der Waals surface area contributed by atoms with Crippen LogP contribution in [0.2, 0.25) is 5.02 Å². The van der Waals surface area contributed by atoms with Crippen LogP contribution < -0.4 is 10.2 Å². The van der Waals surface area contributed by atoms with Gasteiger partial charge in [0.25, 0.3) is 0 Å². The zero-order chi connectivity index (χ0) is 17.4.